The van der Waals surface area contributed by atoms with E-state index in [1.165, 1.54) is 17.4 Å². The first-order valence-electron chi connectivity index (χ1n) is 11.5. The van der Waals surface area contributed by atoms with Crippen LogP contribution in [0.15, 0.2) is 48.7 Å². The summed E-state index contributed by atoms with van der Waals surface area (Å²) in [5, 5.41) is 0.655. The fourth-order valence-electron chi connectivity index (χ4n) is 4.37. The molecule has 1 aliphatic rings. The first kappa shape index (κ1) is 25.0. The van der Waals surface area contributed by atoms with Crippen molar-refractivity contribution in [3.63, 3.8) is 0 Å². The molecule has 5 rings (SSSR count). The van der Waals surface area contributed by atoms with Gasteiger partial charge in [-0.25, -0.2) is 19.3 Å². The smallest absolute Gasteiger partial charge is 0.364 e. The topological polar surface area (TPSA) is 94.2 Å². The van der Waals surface area contributed by atoms with Gasteiger partial charge in [0.25, 0.3) is 5.91 Å². The van der Waals surface area contributed by atoms with Crippen molar-refractivity contribution in [2.24, 2.45) is 5.73 Å². The number of anilines is 1. The number of thiazole rings is 1. The molecule has 1 amide bonds. The van der Waals surface area contributed by atoms with E-state index < -0.39 is 24.2 Å². The van der Waals surface area contributed by atoms with Crippen LogP contribution in [0.5, 0.6) is 0 Å². The number of carbonyl (C=O) groups excluding carboxylic acids is 1. The van der Waals surface area contributed by atoms with Crippen molar-refractivity contribution in [2.45, 2.75) is 31.7 Å². The van der Waals surface area contributed by atoms with Gasteiger partial charge < -0.3 is 10.6 Å². The standard InChI is InChI=1S/C25H21F4N5O2S/c26-18-6-2-1-4-16(18)17-5-3-7-19-21(17)33-20(22(32-19)23(30)35)12-15-13-31-24(37-15)34-10-8-14(9-11-34)36-25(27,28)29/h1-7,13-14H,8-12H2,(H2,30,35). The first-order chi connectivity index (χ1) is 17.7. The van der Waals surface area contributed by atoms with Gasteiger partial charge in [0.2, 0.25) is 0 Å². The Labute approximate surface area is 212 Å². The summed E-state index contributed by atoms with van der Waals surface area (Å²) in [6.07, 6.45) is -3.21. The second-order valence-electron chi connectivity index (χ2n) is 8.57. The number of alkyl halides is 3. The molecule has 0 aliphatic carbocycles. The summed E-state index contributed by atoms with van der Waals surface area (Å²) in [4.78, 5) is 28.4. The quantitative estimate of drug-likeness (QED) is 0.349. The number of hydrogen-bond acceptors (Lipinski definition) is 7. The molecular formula is C25H21F4N5O2S. The molecule has 2 aromatic carbocycles. The highest BCUT2D eigenvalue weighted by Crippen LogP contribution is 2.32. The van der Waals surface area contributed by atoms with Gasteiger partial charge in [0, 0.05) is 41.7 Å². The number of piperidine rings is 1. The van der Waals surface area contributed by atoms with Crippen LogP contribution in [0.4, 0.5) is 22.7 Å². The normalized spacial score (nSPS) is 14.9. The highest BCUT2D eigenvalue weighted by Gasteiger charge is 2.35. The molecule has 4 aromatic rings. The summed E-state index contributed by atoms with van der Waals surface area (Å²) in [5.41, 5.74) is 7.68. The Kier molecular flexibility index (Phi) is 6.78. The van der Waals surface area contributed by atoms with Gasteiger partial charge in [0.05, 0.1) is 22.8 Å². The lowest BCUT2D eigenvalue weighted by Gasteiger charge is -2.31. The second-order valence-corrected chi connectivity index (χ2v) is 9.67. The predicted molar refractivity (Wildman–Crippen MR) is 131 cm³/mol. The SMILES string of the molecule is NC(=O)c1nc2cccc(-c3ccccc3F)c2nc1Cc1cnc(N2CCC(OC(F)(F)F)CC2)s1. The molecule has 2 aromatic heterocycles. The van der Waals surface area contributed by atoms with Gasteiger partial charge in [0.15, 0.2) is 10.8 Å². The van der Waals surface area contributed by atoms with Crippen molar-refractivity contribution in [3.05, 3.63) is 70.7 Å². The van der Waals surface area contributed by atoms with Crippen molar-refractivity contribution in [1.29, 1.82) is 0 Å². The average Bonchev–Trinajstić information content (AvgIpc) is 3.31. The number of primary amides is 1. The van der Waals surface area contributed by atoms with Crippen LogP contribution in [0.25, 0.3) is 22.2 Å². The highest BCUT2D eigenvalue weighted by atomic mass is 32.1. The van der Waals surface area contributed by atoms with Gasteiger partial charge in [-0.15, -0.1) is 24.5 Å². The number of nitrogens with zero attached hydrogens (tertiary/aromatic N) is 4. The van der Waals surface area contributed by atoms with E-state index in [-0.39, 0.29) is 25.0 Å². The maximum atomic E-state index is 14.5. The molecule has 3 heterocycles. The zero-order valence-corrected chi connectivity index (χ0v) is 20.2. The Morgan fingerprint density at radius 3 is 2.51 bits per heavy atom. The molecule has 37 heavy (non-hydrogen) atoms. The van der Waals surface area contributed by atoms with Crippen LogP contribution < -0.4 is 10.6 Å². The number of rotatable bonds is 6. The maximum Gasteiger partial charge on any atom is 0.522 e. The molecule has 0 spiro atoms. The zero-order chi connectivity index (χ0) is 26.2. The van der Waals surface area contributed by atoms with Crippen molar-refractivity contribution in [2.75, 3.05) is 18.0 Å². The van der Waals surface area contributed by atoms with Crippen molar-refractivity contribution in [3.8, 4) is 11.1 Å². The molecule has 0 unspecified atom stereocenters. The summed E-state index contributed by atoms with van der Waals surface area (Å²) >= 11 is 1.35. The van der Waals surface area contributed by atoms with Crippen LogP contribution in [0.1, 0.15) is 33.9 Å². The minimum atomic E-state index is -4.65. The fourth-order valence-corrected chi connectivity index (χ4v) is 5.34. The lowest BCUT2D eigenvalue weighted by atomic mass is 10.0. The van der Waals surface area contributed by atoms with E-state index in [0.29, 0.717) is 46.1 Å². The maximum absolute atomic E-state index is 14.5. The van der Waals surface area contributed by atoms with Crippen LogP contribution in [0, 0.1) is 5.82 Å². The number of nitrogens with two attached hydrogens (primary N) is 1. The van der Waals surface area contributed by atoms with Crippen LogP contribution in [0.2, 0.25) is 0 Å². The zero-order valence-electron chi connectivity index (χ0n) is 19.3. The third-order valence-electron chi connectivity index (χ3n) is 6.06. The molecule has 0 saturated carbocycles. The number of carbonyl (C=O) groups is 1. The molecule has 0 atom stereocenters. The molecular weight excluding hydrogens is 510 g/mol. The summed E-state index contributed by atoms with van der Waals surface area (Å²) < 4.78 is 56.2. The van der Waals surface area contributed by atoms with E-state index in [4.69, 9.17) is 5.73 Å². The Bertz CT molecular complexity index is 1450. The van der Waals surface area contributed by atoms with E-state index in [2.05, 4.69) is 19.7 Å². The molecule has 12 heteroatoms. The van der Waals surface area contributed by atoms with E-state index in [0.717, 1.165) is 4.88 Å². The molecule has 0 radical (unpaired) electrons. The molecule has 192 valence electrons. The number of halogens is 4. The monoisotopic (exact) mass is 531 g/mol. The van der Waals surface area contributed by atoms with Gasteiger partial charge in [-0.3, -0.25) is 9.53 Å². The lowest BCUT2D eigenvalue weighted by molar-refractivity contribution is -0.344. The van der Waals surface area contributed by atoms with Gasteiger partial charge in [-0.2, -0.15) is 0 Å². The van der Waals surface area contributed by atoms with Crippen molar-refractivity contribution in [1.82, 2.24) is 15.0 Å². The summed E-state index contributed by atoms with van der Waals surface area (Å²) in [6, 6.07) is 11.4. The van der Waals surface area contributed by atoms with Crippen LogP contribution in [0.3, 0.4) is 0 Å². The Hall–Kier alpha value is -3.64. The molecule has 1 aliphatic heterocycles. The Morgan fingerprint density at radius 1 is 1.08 bits per heavy atom. The average molecular weight is 532 g/mol. The van der Waals surface area contributed by atoms with Crippen LogP contribution >= 0.6 is 11.3 Å². The number of benzene rings is 2. The number of fused-ring (bicyclic) bond motifs is 1. The molecule has 1 saturated heterocycles. The predicted octanol–water partition coefficient (Wildman–Crippen LogP) is 5.09. The highest BCUT2D eigenvalue weighted by molar-refractivity contribution is 7.15. The van der Waals surface area contributed by atoms with Gasteiger partial charge in [-0.05, 0) is 25.0 Å². The number of hydrogen-bond donors (Lipinski definition) is 1. The van der Waals surface area contributed by atoms with E-state index in [1.54, 1.807) is 42.6 Å². The van der Waals surface area contributed by atoms with Gasteiger partial charge in [-0.1, -0.05) is 30.3 Å². The second kappa shape index (κ2) is 10.0. The Morgan fingerprint density at radius 2 is 1.81 bits per heavy atom. The number of ether oxygens (including phenoxy) is 1. The van der Waals surface area contributed by atoms with E-state index in [9.17, 15) is 22.4 Å². The molecule has 0 bridgehead atoms. The third kappa shape index (κ3) is 5.54. The lowest BCUT2D eigenvalue weighted by Crippen LogP contribution is -2.39. The first-order valence-corrected chi connectivity index (χ1v) is 12.3. The summed E-state index contributed by atoms with van der Waals surface area (Å²) in [5.74, 6) is -1.15. The summed E-state index contributed by atoms with van der Waals surface area (Å²) in [6.45, 7) is 0.754. The molecule has 2 N–H and O–H groups in total. The van der Waals surface area contributed by atoms with Gasteiger partial charge in [0.1, 0.15) is 5.82 Å². The molecule has 7 nitrogen and oxygen atoms in total. The minimum absolute atomic E-state index is 0.0123. The van der Waals surface area contributed by atoms with Gasteiger partial charge >= 0.3 is 6.36 Å². The van der Waals surface area contributed by atoms with Crippen LogP contribution in [-0.4, -0.2) is 46.4 Å². The van der Waals surface area contributed by atoms with Crippen LogP contribution in [-0.2, 0) is 11.2 Å². The third-order valence-corrected chi connectivity index (χ3v) is 7.12. The van der Waals surface area contributed by atoms with Crippen molar-refractivity contribution < 1.29 is 27.1 Å². The number of para-hydroxylation sites is 1. The van der Waals surface area contributed by atoms with E-state index in [1.807, 2.05) is 4.90 Å². The summed E-state index contributed by atoms with van der Waals surface area (Å²) in [7, 11) is 0. The number of aromatic nitrogens is 3. The van der Waals surface area contributed by atoms with Crippen molar-refractivity contribution >= 4 is 33.4 Å². The minimum Gasteiger partial charge on any atom is -0.364 e. The number of amides is 1. The largest absolute Gasteiger partial charge is 0.522 e. The fraction of sp³-hybridized carbons (Fsp3) is 0.280. The van der Waals surface area contributed by atoms with E-state index >= 15 is 0 Å². The Balaban J connectivity index is 1.42. The molecule has 1 fully saturated rings.